The zero-order chi connectivity index (χ0) is 11.4. The molecule has 15 heavy (non-hydrogen) atoms. The Hall–Kier alpha value is -1.42. The fourth-order valence-electron chi connectivity index (χ4n) is 1.22. The topological polar surface area (TPSA) is 40.5 Å². The highest BCUT2D eigenvalue weighted by Gasteiger charge is 2.17. The normalized spacial score (nSPS) is 12.8. The minimum atomic E-state index is -0.908. The van der Waals surface area contributed by atoms with Gasteiger partial charge in [-0.3, -0.25) is 9.69 Å². The maximum atomic E-state index is 13.2. The van der Waals surface area contributed by atoms with Crippen molar-refractivity contribution < 1.29 is 14.3 Å². The highest BCUT2D eigenvalue weighted by Crippen LogP contribution is 2.10. The molecule has 4 heteroatoms. The molecule has 0 radical (unpaired) electrons. The smallest absolute Gasteiger partial charge is 0.320 e. The molecule has 82 valence electrons. The van der Waals surface area contributed by atoms with E-state index >= 15 is 0 Å². The van der Waals surface area contributed by atoms with Gasteiger partial charge >= 0.3 is 5.97 Å². The number of halogens is 1. The van der Waals surface area contributed by atoms with E-state index in [4.69, 9.17) is 5.11 Å². The second-order valence-electron chi connectivity index (χ2n) is 3.52. The van der Waals surface area contributed by atoms with Crippen molar-refractivity contribution in [2.75, 3.05) is 7.05 Å². The first-order valence-corrected chi connectivity index (χ1v) is 4.69. The van der Waals surface area contributed by atoms with Crippen LogP contribution in [-0.2, 0) is 11.3 Å². The average molecular weight is 211 g/mol. The van der Waals surface area contributed by atoms with Crippen LogP contribution in [-0.4, -0.2) is 29.1 Å². The van der Waals surface area contributed by atoms with Gasteiger partial charge in [0.2, 0.25) is 0 Å². The summed E-state index contributed by atoms with van der Waals surface area (Å²) in [7, 11) is 1.66. The number of nitrogens with zero attached hydrogens (tertiary/aromatic N) is 1. The van der Waals surface area contributed by atoms with Gasteiger partial charge in [0, 0.05) is 12.1 Å². The van der Waals surface area contributed by atoms with Crippen LogP contribution in [0.25, 0.3) is 0 Å². The van der Waals surface area contributed by atoms with Crippen molar-refractivity contribution in [1.29, 1.82) is 0 Å². The fraction of sp³-hybridized carbons (Fsp3) is 0.364. The molecule has 0 aliphatic carbocycles. The number of carboxylic acids is 1. The molecule has 1 unspecified atom stereocenters. The van der Waals surface area contributed by atoms with Crippen LogP contribution in [0.3, 0.4) is 0 Å². The van der Waals surface area contributed by atoms with E-state index in [-0.39, 0.29) is 5.82 Å². The van der Waals surface area contributed by atoms with Gasteiger partial charge in [0.1, 0.15) is 11.9 Å². The van der Waals surface area contributed by atoms with Crippen molar-refractivity contribution in [1.82, 2.24) is 4.90 Å². The molecule has 0 aliphatic heterocycles. The SMILES string of the molecule is CC(C(=O)O)N(C)Cc1ccccc1F. The minimum absolute atomic E-state index is 0.292. The molecule has 0 aromatic heterocycles. The Morgan fingerprint density at radius 3 is 2.67 bits per heavy atom. The number of likely N-dealkylation sites (N-methyl/N-ethyl adjacent to an activating group) is 1. The van der Waals surface area contributed by atoms with E-state index in [1.807, 2.05) is 0 Å². The molecule has 0 bridgehead atoms. The predicted octanol–water partition coefficient (Wildman–Crippen LogP) is 1.73. The molecular formula is C11H14FNO2. The largest absolute Gasteiger partial charge is 0.480 e. The average Bonchev–Trinajstić information content (AvgIpc) is 2.20. The lowest BCUT2D eigenvalue weighted by molar-refractivity contribution is -0.142. The highest BCUT2D eigenvalue weighted by molar-refractivity contribution is 5.72. The Kier molecular flexibility index (Phi) is 3.80. The molecule has 0 spiro atoms. The Morgan fingerprint density at radius 2 is 2.13 bits per heavy atom. The molecule has 0 fully saturated rings. The van der Waals surface area contributed by atoms with Crippen molar-refractivity contribution >= 4 is 5.97 Å². The molecule has 0 saturated heterocycles. The summed E-state index contributed by atoms with van der Waals surface area (Å²) >= 11 is 0. The van der Waals surface area contributed by atoms with Crippen LogP contribution in [0.1, 0.15) is 12.5 Å². The number of benzene rings is 1. The second-order valence-corrected chi connectivity index (χ2v) is 3.52. The Labute approximate surface area is 88.1 Å². The van der Waals surface area contributed by atoms with Crippen molar-refractivity contribution in [2.24, 2.45) is 0 Å². The zero-order valence-electron chi connectivity index (χ0n) is 8.77. The van der Waals surface area contributed by atoms with E-state index in [1.165, 1.54) is 6.07 Å². The molecule has 3 nitrogen and oxygen atoms in total. The number of carboxylic acid groups (broad SMARTS) is 1. The summed E-state index contributed by atoms with van der Waals surface area (Å²) in [6, 6.07) is 5.75. The Bertz CT molecular complexity index is 354. The molecule has 0 aliphatic rings. The zero-order valence-corrected chi connectivity index (χ0v) is 8.77. The first-order valence-electron chi connectivity index (χ1n) is 4.69. The summed E-state index contributed by atoms with van der Waals surface area (Å²) in [5.74, 6) is -1.21. The summed E-state index contributed by atoms with van der Waals surface area (Å²) < 4.78 is 13.2. The van der Waals surface area contributed by atoms with Gasteiger partial charge in [-0.25, -0.2) is 4.39 Å². The monoisotopic (exact) mass is 211 g/mol. The first-order chi connectivity index (χ1) is 7.02. The summed E-state index contributed by atoms with van der Waals surface area (Å²) in [5.41, 5.74) is 0.508. The third-order valence-corrected chi connectivity index (χ3v) is 2.40. The number of aliphatic carboxylic acids is 1. The lowest BCUT2D eigenvalue weighted by atomic mass is 10.2. The summed E-state index contributed by atoms with van der Waals surface area (Å²) in [6.07, 6.45) is 0. The van der Waals surface area contributed by atoms with Gasteiger partial charge in [0.05, 0.1) is 0 Å². The number of hydrogen-bond acceptors (Lipinski definition) is 2. The summed E-state index contributed by atoms with van der Waals surface area (Å²) in [5, 5.41) is 8.76. The van der Waals surface area contributed by atoms with Crippen LogP contribution in [0.2, 0.25) is 0 Å². The van der Waals surface area contributed by atoms with E-state index in [0.717, 1.165) is 0 Å². The molecular weight excluding hydrogens is 197 g/mol. The van der Waals surface area contributed by atoms with Crippen molar-refractivity contribution in [3.8, 4) is 0 Å². The van der Waals surface area contributed by atoms with Gasteiger partial charge in [0.15, 0.2) is 0 Å². The van der Waals surface area contributed by atoms with Crippen LogP contribution in [0.5, 0.6) is 0 Å². The number of carbonyl (C=O) groups is 1. The van der Waals surface area contributed by atoms with Crippen LogP contribution < -0.4 is 0 Å². The van der Waals surface area contributed by atoms with E-state index in [0.29, 0.717) is 12.1 Å². The molecule has 1 atom stereocenters. The Morgan fingerprint density at radius 1 is 1.53 bits per heavy atom. The standard InChI is InChI=1S/C11H14FNO2/c1-8(11(14)15)13(2)7-9-5-3-4-6-10(9)12/h3-6,8H,7H2,1-2H3,(H,14,15). The van der Waals surface area contributed by atoms with E-state index in [9.17, 15) is 9.18 Å². The molecule has 1 N–H and O–H groups in total. The van der Waals surface area contributed by atoms with Gasteiger partial charge in [-0.15, -0.1) is 0 Å². The molecule has 1 rings (SSSR count). The lowest BCUT2D eigenvalue weighted by Gasteiger charge is -2.21. The van der Waals surface area contributed by atoms with Crippen molar-refractivity contribution in [2.45, 2.75) is 19.5 Å². The van der Waals surface area contributed by atoms with Crippen molar-refractivity contribution in [3.63, 3.8) is 0 Å². The summed E-state index contributed by atoms with van der Waals surface area (Å²) in [6.45, 7) is 1.86. The number of rotatable bonds is 4. The molecule has 1 aromatic rings. The van der Waals surface area contributed by atoms with Crippen LogP contribution >= 0.6 is 0 Å². The molecule has 1 aromatic carbocycles. The minimum Gasteiger partial charge on any atom is -0.480 e. The van der Waals surface area contributed by atoms with Crippen LogP contribution in [0, 0.1) is 5.82 Å². The van der Waals surface area contributed by atoms with Gasteiger partial charge in [-0.2, -0.15) is 0 Å². The van der Waals surface area contributed by atoms with Gasteiger partial charge in [-0.05, 0) is 20.0 Å². The van der Waals surface area contributed by atoms with E-state index in [2.05, 4.69) is 0 Å². The number of hydrogen-bond donors (Lipinski definition) is 1. The van der Waals surface area contributed by atoms with Gasteiger partial charge in [-0.1, -0.05) is 18.2 Å². The first kappa shape index (κ1) is 11.7. The van der Waals surface area contributed by atoms with Crippen molar-refractivity contribution in [3.05, 3.63) is 35.6 Å². The maximum absolute atomic E-state index is 13.2. The van der Waals surface area contributed by atoms with Crippen LogP contribution in [0.4, 0.5) is 4.39 Å². The fourth-order valence-corrected chi connectivity index (χ4v) is 1.22. The van der Waals surface area contributed by atoms with Gasteiger partial charge < -0.3 is 5.11 Å². The highest BCUT2D eigenvalue weighted by atomic mass is 19.1. The molecule has 0 heterocycles. The molecule has 0 saturated carbocycles. The third-order valence-electron chi connectivity index (χ3n) is 2.40. The van der Waals surface area contributed by atoms with E-state index < -0.39 is 12.0 Å². The van der Waals surface area contributed by atoms with Gasteiger partial charge in [0.25, 0.3) is 0 Å². The summed E-state index contributed by atoms with van der Waals surface area (Å²) in [4.78, 5) is 12.3. The second kappa shape index (κ2) is 4.89. The Balaban J connectivity index is 2.70. The molecule has 0 amide bonds. The van der Waals surface area contributed by atoms with E-state index in [1.54, 1.807) is 37.1 Å². The maximum Gasteiger partial charge on any atom is 0.320 e. The third kappa shape index (κ3) is 3.02. The predicted molar refractivity (Wildman–Crippen MR) is 55.0 cm³/mol. The van der Waals surface area contributed by atoms with Crippen LogP contribution in [0.15, 0.2) is 24.3 Å². The lowest BCUT2D eigenvalue weighted by Crippen LogP contribution is -2.35. The quantitative estimate of drug-likeness (QED) is 0.824.